The van der Waals surface area contributed by atoms with Crippen molar-refractivity contribution in [3.8, 4) is 0 Å². The van der Waals surface area contributed by atoms with Crippen molar-refractivity contribution < 1.29 is 0 Å². The second kappa shape index (κ2) is 5.10. The second-order valence-corrected chi connectivity index (χ2v) is 5.12. The molecule has 17 heavy (non-hydrogen) atoms. The first-order valence-electron chi connectivity index (χ1n) is 5.98. The molecule has 0 unspecified atom stereocenters. The summed E-state index contributed by atoms with van der Waals surface area (Å²) in [5.41, 5.74) is 6.61. The Balaban J connectivity index is 2.05. The van der Waals surface area contributed by atoms with Crippen molar-refractivity contribution >= 4 is 23.1 Å². The molecule has 1 fully saturated rings. The van der Waals surface area contributed by atoms with Gasteiger partial charge in [-0.05, 0) is 19.9 Å². The number of hydrogen-bond acceptors (Lipinski definition) is 4. The third-order valence-corrected chi connectivity index (χ3v) is 3.41. The molecule has 0 aliphatic carbocycles. The zero-order valence-electron chi connectivity index (χ0n) is 10.4. The van der Waals surface area contributed by atoms with Gasteiger partial charge in [0.05, 0.1) is 10.7 Å². The molecule has 1 aliphatic heterocycles. The van der Waals surface area contributed by atoms with Crippen molar-refractivity contribution in [2.24, 2.45) is 0 Å². The highest BCUT2D eigenvalue weighted by Crippen LogP contribution is 2.24. The van der Waals surface area contributed by atoms with E-state index < -0.39 is 0 Å². The lowest BCUT2D eigenvalue weighted by atomic mass is 10.2. The van der Waals surface area contributed by atoms with Gasteiger partial charge < -0.3 is 10.6 Å². The summed E-state index contributed by atoms with van der Waals surface area (Å²) in [6, 6.07) is 2.37. The van der Waals surface area contributed by atoms with E-state index in [0.29, 0.717) is 16.8 Å². The second-order valence-electron chi connectivity index (χ2n) is 4.68. The van der Waals surface area contributed by atoms with Gasteiger partial charge in [-0.25, -0.2) is 4.98 Å². The number of aromatic nitrogens is 1. The fourth-order valence-corrected chi connectivity index (χ4v) is 2.33. The molecule has 1 aromatic rings. The number of halogens is 1. The molecular weight excluding hydrogens is 236 g/mol. The maximum atomic E-state index is 5.94. The van der Waals surface area contributed by atoms with Crippen LogP contribution >= 0.6 is 11.6 Å². The summed E-state index contributed by atoms with van der Waals surface area (Å²) in [6.45, 7) is 8.51. The third kappa shape index (κ3) is 2.82. The Morgan fingerprint density at radius 2 is 1.94 bits per heavy atom. The van der Waals surface area contributed by atoms with Crippen LogP contribution in [0, 0.1) is 0 Å². The van der Waals surface area contributed by atoms with Crippen molar-refractivity contribution in [2.45, 2.75) is 19.9 Å². The van der Waals surface area contributed by atoms with E-state index in [9.17, 15) is 0 Å². The summed E-state index contributed by atoms with van der Waals surface area (Å²) in [6.07, 6.45) is 1.65. The molecule has 94 valence electrons. The van der Waals surface area contributed by atoms with E-state index in [1.165, 1.54) is 0 Å². The highest BCUT2D eigenvalue weighted by Gasteiger charge is 2.20. The van der Waals surface area contributed by atoms with Gasteiger partial charge in [-0.2, -0.15) is 0 Å². The van der Waals surface area contributed by atoms with E-state index >= 15 is 0 Å². The first-order valence-corrected chi connectivity index (χ1v) is 6.35. The van der Waals surface area contributed by atoms with Crippen LogP contribution < -0.4 is 10.6 Å². The molecular formula is C12H19ClN4. The fourth-order valence-electron chi connectivity index (χ4n) is 2.16. The van der Waals surface area contributed by atoms with E-state index in [1.807, 2.05) is 0 Å². The molecule has 1 aromatic heterocycles. The number of hydrogen-bond donors (Lipinski definition) is 1. The molecule has 2 N–H and O–H groups in total. The Hall–Kier alpha value is -1.00. The lowest BCUT2D eigenvalue weighted by Gasteiger charge is -2.37. The van der Waals surface area contributed by atoms with Crippen LogP contribution in [0.25, 0.3) is 0 Å². The summed E-state index contributed by atoms with van der Waals surface area (Å²) in [4.78, 5) is 9.01. The van der Waals surface area contributed by atoms with Crippen LogP contribution in [-0.2, 0) is 0 Å². The largest absolute Gasteiger partial charge is 0.396 e. The van der Waals surface area contributed by atoms with E-state index in [4.69, 9.17) is 17.3 Å². The lowest BCUT2D eigenvalue weighted by Crippen LogP contribution is -2.49. The average molecular weight is 255 g/mol. The van der Waals surface area contributed by atoms with Crippen molar-refractivity contribution in [1.29, 1.82) is 0 Å². The Kier molecular flexibility index (Phi) is 3.74. The summed E-state index contributed by atoms with van der Waals surface area (Å²) in [5, 5.41) is 0.590. The van der Waals surface area contributed by atoms with Gasteiger partial charge in [0.15, 0.2) is 5.82 Å². The van der Waals surface area contributed by atoms with Gasteiger partial charge in [0.2, 0.25) is 0 Å². The van der Waals surface area contributed by atoms with Gasteiger partial charge in [-0.1, -0.05) is 11.6 Å². The average Bonchev–Trinajstić information content (AvgIpc) is 2.29. The third-order valence-electron chi connectivity index (χ3n) is 3.21. The Morgan fingerprint density at radius 3 is 2.47 bits per heavy atom. The predicted octanol–water partition coefficient (Wildman–Crippen LogP) is 1.85. The zero-order chi connectivity index (χ0) is 12.4. The van der Waals surface area contributed by atoms with Gasteiger partial charge in [0, 0.05) is 38.4 Å². The zero-order valence-corrected chi connectivity index (χ0v) is 11.1. The molecule has 1 saturated heterocycles. The standard InChI is InChI=1S/C12H19ClN4/c1-9(2)16-3-5-17(6-4-16)12-11(14)7-10(13)8-15-12/h7-9H,3-6,14H2,1-2H3. The van der Waals surface area contributed by atoms with E-state index in [0.717, 1.165) is 32.0 Å². The number of rotatable bonds is 2. The Morgan fingerprint density at radius 1 is 1.29 bits per heavy atom. The van der Waals surface area contributed by atoms with Crippen LogP contribution in [0.3, 0.4) is 0 Å². The Bertz CT molecular complexity index is 386. The number of anilines is 2. The first-order chi connectivity index (χ1) is 8.08. The summed E-state index contributed by atoms with van der Waals surface area (Å²) in [5.74, 6) is 0.859. The van der Waals surface area contributed by atoms with Crippen LogP contribution in [0.4, 0.5) is 11.5 Å². The molecule has 0 atom stereocenters. The normalized spacial score (nSPS) is 17.8. The predicted molar refractivity (Wildman–Crippen MR) is 72.6 cm³/mol. The highest BCUT2D eigenvalue weighted by molar-refractivity contribution is 6.30. The van der Waals surface area contributed by atoms with E-state index in [1.54, 1.807) is 12.3 Å². The van der Waals surface area contributed by atoms with Crippen LogP contribution in [0.2, 0.25) is 5.02 Å². The van der Waals surface area contributed by atoms with Crippen molar-refractivity contribution in [3.05, 3.63) is 17.3 Å². The Labute approximate surface area is 107 Å². The molecule has 2 rings (SSSR count). The van der Waals surface area contributed by atoms with Gasteiger partial charge in [0.25, 0.3) is 0 Å². The molecule has 0 spiro atoms. The number of piperazine rings is 1. The van der Waals surface area contributed by atoms with Crippen molar-refractivity contribution in [3.63, 3.8) is 0 Å². The van der Waals surface area contributed by atoms with Crippen LogP contribution in [-0.4, -0.2) is 42.1 Å². The quantitative estimate of drug-likeness (QED) is 0.875. The van der Waals surface area contributed by atoms with Crippen molar-refractivity contribution in [1.82, 2.24) is 9.88 Å². The monoisotopic (exact) mass is 254 g/mol. The van der Waals surface area contributed by atoms with Crippen molar-refractivity contribution in [2.75, 3.05) is 36.8 Å². The van der Waals surface area contributed by atoms with Gasteiger partial charge in [-0.3, -0.25) is 4.90 Å². The minimum atomic E-state index is 0.590. The molecule has 0 amide bonds. The summed E-state index contributed by atoms with van der Waals surface area (Å²) < 4.78 is 0. The maximum absolute atomic E-state index is 5.94. The van der Waals surface area contributed by atoms with E-state index in [-0.39, 0.29) is 0 Å². The van der Waals surface area contributed by atoms with E-state index in [2.05, 4.69) is 28.6 Å². The molecule has 0 aromatic carbocycles. The molecule has 0 bridgehead atoms. The minimum Gasteiger partial charge on any atom is -0.396 e. The molecule has 4 nitrogen and oxygen atoms in total. The highest BCUT2D eigenvalue weighted by atomic mass is 35.5. The molecule has 0 saturated carbocycles. The van der Waals surface area contributed by atoms with Crippen LogP contribution in [0.15, 0.2) is 12.3 Å². The van der Waals surface area contributed by atoms with Crippen LogP contribution in [0.1, 0.15) is 13.8 Å². The van der Waals surface area contributed by atoms with Gasteiger partial charge in [-0.15, -0.1) is 0 Å². The molecule has 5 heteroatoms. The fraction of sp³-hybridized carbons (Fsp3) is 0.583. The number of nitrogens with zero attached hydrogens (tertiary/aromatic N) is 3. The number of pyridine rings is 1. The topological polar surface area (TPSA) is 45.4 Å². The molecule has 2 heterocycles. The minimum absolute atomic E-state index is 0.590. The van der Waals surface area contributed by atoms with Crippen LogP contribution in [0.5, 0.6) is 0 Å². The maximum Gasteiger partial charge on any atom is 0.151 e. The molecule has 1 aliphatic rings. The lowest BCUT2D eigenvalue weighted by molar-refractivity contribution is 0.209. The van der Waals surface area contributed by atoms with Gasteiger partial charge >= 0.3 is 0 Å². The molecule has 0 radical (unpaired) electrons. The number of nitrogen functional groups attached to an aromatic ring is 1. The smallest absolute Gasteiger partial charge is 0.151 e. The van der Waals surface area contributed by atoms with Gasteiger partial charge in [0.1, 0.15) is 0 Å². The first kappa shape index (κ1) is 12.5. The number of nitrogens with two attached hydrogens (primary N) is 1. The summed E-state index contributed by atoms with van der Waals surface area (Å²) in [7, 11) is 0. The SMILES string of the molecule is CC(C)N1CCN(c2ncc(Cl)cc2N)CC1. The summed E-state index contributed by atoms with van der Waals surface area (Å²) >= 11 is 5.85.